The Kier molecular flexibility index (Phi) is 7.24. The van der Waals surface area contributed by atoms with Crippen molar-refractivity contribution >= 4 is 35.5 Å². The summed E-state index contributed by atoms with van der Waals surface area (Å²) in [5.41, 5.74) is 0.216. The Balaban J connectivity index is 0.00000240. The van der Waals surface area contributed by atoms with Gasteiger partial charge in [-0.05, 0) is 104 Å². The fraction of sp³-hybridized carbons (Fsp3) is 0.958. The average molecular weight is 416 g/mol. The number of carbonyl (C=O) groups is 1. The molecule has 0 saturated heterocycles. The van der Waals surface area contributed by atoms with Crippen LogP contribution in [0.4, 0.5) is 0 Å². The normalized spacial score (nSPS) is 49.9. The molecule has 3 unspecified atom stereocenters. The van der Waals surface area contributed by atoms with E-state index in [1.54, 1.807) is 0 Å². The van der Waals surface area contributed by atoms with Gasteiger partial charge >= 0.3 is 5.97 Å². The van der Waals surface area contributed by atoms with E-state index in [0.29, 0.717) is 35.5 Å². The number of rotatable bonds is 4. The van der Waals surface area contributed by atoms with Crippen LogP contribution in [0.15, 0.2) is 0 Å². The van der Waals surface area contributed by atoms with E-state index < -0.39 is 5.97 Å². The Labute approximate surface area is 198 Å². The Bertz CT molecular complexity index is 612. The third-order valence-electron chi connectivity index (χ3n) is 10.3. The minimum atomic E-state index is -0.707. The number of aliphatic carboxylic acids is 1. The molecular formula is C24H40NaO4. The van der Waals surface area contributed by atoms with Crippen molar-refractivity contribution in [2.45, 2.75) is 97.2 Å². The summed E-state index contributed by atoms with van der Waals surface area (Å²) < 4.78 is 0. The summed E-state index contributed by atoms with van der Waals surface area (Å²) in [5, 5.41) is 30.8. The summed E-state index contributed by atoms with van der Waals surface area (Å²) in [6.45, 7) is 6.99. The van der Waals surface area contributed by atoms with Gasteiger partial charge in [0.1, 0.15) is 0 Å². The molecule has 0 amide bonds. The maximum Gasteiger partial charge on any atom is 0.303 e. The van der Waals surface area contributed by atoms with Crippen LogP contribution in [-0.2, 0) is 4.79 Å². The van der Waals surface area contributed by atoms with Gasteiger partial charge in [0, 0.05) is 36.0 Å². The van der Waals surface area contributed by atoms with Crippen molar-refractivity contribution in [3.63, 3.8) is 0 Å². The molecule has 0 spiro atoms. The summed E-state index contributed by atoms with van der Waals surface area (Å²) in [6.07, 6.45) is 9.26. The number of aliphatic hydroxyl groups is 2. The number of carboxylic acids is 1. The smallest absolute Gasteiger partial charge is 0.303 e. The van der Waals surface area contributed by atoms with E-state index in [0.717, 1.165) is 38.5 Å². The fourth-order valence-corrected chi connectivity index (χ4v) is 8.71. The van der Waals surface area contributed by atoms with Gasteiger partial charge in [-0.15, -0.1) is 0 Å². The molecular weight excluding hydrogens is 375 g/mol. The van der Waals surface area contributed by atoms with Gasteiger partial charge in [0.25, 0.3) is 0 Å². The molecule has 0 heterocycles. The van der Waals surface area contributed by atoms with E-state index >= 15 is 0 Å². The van der Waals surface area contributed by atoms with Gasteiger partial charge in [0.05, 0.1) is 12.2 Å². The van der Waals surface area contributed by atoms with Crippen LogP contribution >= 0.6 is 0 Å². The molecule has 5 heteroatoms. The van der Waals surface area contributed by atoms with Gasteiger partial charge in [0.15, 0.2) is 0 Å². The van der Waals surface area contributed by atoms with Crippen LogP contribution in [0.25, 0.3) is 0 Å². The second-order valence-corrected chi connectivity index (χ2v) is 11.3. The van der Waals surface area contributed by atoms with E-state index in [-0.39, 0.29) is 59.0 Å². The zero-order chi connectivity index (χ0) is 20.3. The predicted octanol–water partition coefficient (Wildman–Crippen LogP) is 4.10. The minimum absolute atomic E-state index is 0. The standard InChI is InChI=1S/C24H40O4.Na/c1-14(4-9-22(27)28)18-7-8-19-17-6-5-15-12-16(25)10-11-23(15,2)20(17)13-21(26)24(18,19)3;/h14-21,25-26H,4-13H2,1-3H3,(H,27,28);/t14?,15-,16?,17+,18-,19+,20+,21?,23+,24-;/m1./s1. The molecule has 4 aliphatic carbocycles. The monoisotopic (exact) mass is 415 g/mol. The van der Waals surface area contributed by atoms with Crippen molar-refractivity contribution in [3.05, 3.63) is 0 Å². The van der Waals surface area contributed by atoms with Crippen LogP contribution < -0.4 is 0 Å². The molecule has 10 atom stereocenters. The molecule has 0 bridgehead atoms. The van der Waals surface area contributed by atoms with Crippen molar-refractivity contribution in [1.29, 1.82) is 0 Å². The number of hydrogen-bond donors (Lipinski definition) is 3. The molecule has 4 saturated carbocycles. The summed E-state index contributed by atoms with van der Waals surface area (Å²) >= 11 is 0. The van der Waals surface area contributed by atoms with Crippen molar-refractivity contribution in [1.82, 2.24) is 0 Å². The molecule has 4 aliphatic rings. The topological polar surface area (TPSA) is 77.8 Å². The Morgan fingerprint density at radius 3 is 2.45 bits per heavy atom. The molecule has 4 fully saturated rings. The predicted molar refractivity (Wildman–Crippen MR) is 114 cm³/mol. The molecule has 0 aromatic carbocycles. The van der Waals surface area contributed by atoms with Gasteiger partial charge in [-0.2, -0.15) is 0 Å². The first-order valence-corrected chi connectivity index (χ1v) is 11.8. The van der Waals surface area contributed by atoms with Crippen LogP contribution in [0.2, 0.25) is 0 Å². The molecule has 4 rings (SSSR count). The second-order valence-electron chi connectivity index (χ2n) is 11.3. The number of fused-ring (bicyclic) bond motifs is 5. The number of aliphatic hydroxyl groups excluding tert-OH is 2. The van der Waals surface area contributed by atoms with Crippen LogP contribution in [0.3, 0.4) is 0 Å². The van der Waals surface area contributed by atoms with E-state index in [1.807, 2.05) is 0 Å². The molecule has 0 aromatic rings. The van der Waals surface area contributed by atoms with Crippen LogP contribution in [-0.4, -0.2) is 63.1 Å². The Hall–Kier alpha value is 0.390. The summed E-state index contributed by atoms with van der Waals surface area (Å²) in [5.74, 6) is 2.55. The maximum atomic E-state index is 11.5. The van der Waals surface area contributed by atoms with Gasteiger partial charge in [-0.3, -0.25) is 4.79 Å². The fourth-order valence-electron chi connectivity index (χ4n) is 8.71. The molecule has 4 nitrogen and oxygen atoms in total. The third kappa shape index (κ3) is 3.88. The summed E-state index contributed by atoms with van der Waals surface area (Å²) in [6, 6.07) is 0. The Morgan fingerprint density at radius 1 is 1.03 bits per heavy atom. The summed E-state index contributed by atoms with van der Waals surface area (Å²) in [7, 11) is 0. The van der Waals surface area contributed by atoms with Crippen molar-refractivity contribution in [3.8, 4) is 0 Å². The molecule has 0 aromatic heterocycles. The van der Waals surface area contributed by atoms with E-state index in [1.165, 1.54) is 19.3 Å². The molecule has 161 valence electrons. The molecule has 0 aliphatic heterocycles. The van der Waals surface area contributed by atoms with Crippen LogP contribution in [0.5, 0.6) is 0 Å². The first-order valence-electron chi connectivity index (χ1n) is 11.8. The number of hydrogen-bond acceptors (Lipinski definition) is 3. The zero-order valence-corrected chi connectivity index (χ0v) is 20.9. The third-order valence-corrected chi connectivity index (χ3v) is 10.3. The van der Waals surface area contributed by atoms with E-state index in [4.69, 9.17) is 5.11 Å². The minimum Gasteiger partial charge on any atom is -0.481 e. The van der Waals surface area contributed by atoms with Crippen LogP contribution in [0.1, 0.15) is 85.0 Å². The summed E-state index contributed by atoms with van der Waals surface area (Å²) in [4.78, 5) is 11.1. The largest absolute Gasteiger partial charge is 0.481 e. The second kappa shape index (κ2) is 8.73. The van der Waals surface area contributed by atoms with Crippen molar-refractivity contribution < 1.29 is 20.1 Å². The van der Waals surface area contributed by atoms with Crippen molar-refractivity contribution in [2.24, 2.45) is 46.3 Å². The molecule has 3 N–H and O–H groups in total. The molecule has 29 heavy (non-hydrogen) atoms. The van der Waals surface area contributed by atoms with E-state index in [9.17, 15) is 15.0 Å². The first-order chi connectivity index (χ1) is 13.2. The average Bonchev–Trinajstić information content (AvgIpc) is 3.00. The first kappa shape index (κ1) is 24.0. The quantitative estimate of drug-likeness (QED) is 0.604. The zero-order valence-electron chi connectivity index (χ0n) is 18.9. The number of carboxylic acid groups (broad SMARTS) is 1. The van der Waals surface area contributed by atoms with Gasteiger partial charge in [-0.1, -0.05) is 20.8 Å². The van der Waals surface area contributed by atoms with Crippen molar-refractivity contribution in [2.75, 3.05) is 0 Å². The maximum absolute atomic E-state index is 11.5. The SMILES string of the molecule is CC(CCC(=O)O)[C@H]1CC[C@H]2[C@@H]3CC[C@@H]4CC(O)CC[C@]4(C)[C@H]3CC(O)[C@]12C.[Na]. The van der Waals surface area contributed by atoms with Gasteiger partial charge < -0.3 is 15.3 Å². The van der Waals surface area contributed by atoms with E-state index in [2.05, 4.69) is 20.8 Å². The van der Waals surface area contributed by atoms with Gasteiger partial charge in [0.2, 0.25) is 0 Å². The van der Waals surface area contributed by atoms with Gasteiger partial charge in [-0.25, -0.2) is 0 Å². The Morgan fingerprint density at radius 2 is 1.76 bits per heavy atom. The molecule has 1 radical (unpaired) electrons. The van der Waals surface area contributed by atoms with Crippen LogP contribution in [0, 0.1) is 46.3 Å².